The number of carbonyl (C=O) groups excluding carboxylic acids is 1. The van der Waals surface area contributed by atoms with Gasteiger partial charge in [-0.2, -0.15) is 0 Å². The summed E-state index contributed by atoms with van der Waals surface area (Å²) >= 11 is 0. The van der Waals surface area contributed by atoms with E-state index in [1.165, 1.54) is 0 Å². The van der Waals surface area contributed by atoms with Gasteiger partial charge in [-0.15, -0.1) is 0 Å². The molecule has 0 radical (unpaired) electrons. The highest BCUT2D eigenvalue weighted by atomic mass is 16.1. The van der Waals surface area contributed by atoms with Gasteiger partial charge in [-0.3, -0.25) is 4.79 Å². The summed E-state index contributed by atoms with van der Waals surface area (Å²) in [4.78, 5) is 18.6. The molecular weight excluding hydrogens is 216 g/mol. The maximum Gasteiger partial charge on any atom is 0.233 e. The van der Waals surface area contributed by atoms with E-state index in [1.54, 1.807) is 6.20 Å². The van der Waals surface area contributed by atoms with Crippen LogP contribution in [0.4, 0.5) is 0 Å². The Morgan fingerprint density at radius 1 is 1.59 bits per heavy atom. The number of hydrogen-bond acceptors (Lipinski definition) is 3. The van der Waals surface area contributed by atoms with E-state index >= 15 is 0 Å². The first kappa shape index (κ1) is 13.7. The van der Waals surface area contributed by atoms with Gasteiger partial charge in [-0.25, -0.2) is 4.98 Å². The summed E-state index contributed by atoms with van der Waals surface area (Å²) in [6, 6.07) is 0.392. The Labute approximate surface area is 102 Å². The van der Waals surface area contributed by atoms with Gasteiger partial charge in [-0.05, 0) is 19.8 Å². The molecule has 1 rings (SSSR count). The average molecular weight is 238 g/mol. The van der Waals surface area contributed by atoms with Crippen molar-refractivity contribution in [3.05, 3.63) is 18.2 Å². The van der Waals surface area contributed by atoms with E-state index in [0.717, 1.165) is 25.1 Å². The number of H-pyrrole nitrogens is 1. The predicted octanol–water partition coefficient (Wildman–Crippen LogP) is 0.847. The molecule has 1 aromatic heterocycles. The summed E-state index contributed by atoms with van der Waals surface area (Å²) in [5.74, 6) is 1.03. The van der Waals surface area contributed by atoms with Gasteiger partial charge in [0.25, 0.3) is 0 Å². The third kappa shape index (κ3) is 6.06. The molecule has 1 atom stereocenters. The Morgan fingerprint density at radius 2 is 2.41 bits per heavy atom. The van der Waals surface area contributed by atoms with Gasteiger partial charge in [0.15, 0.2) is 0 Å². The van der Waals surface area contributed by atoms with E-state index < -0.39 is 0 Å². The highest BCUT2D eigenvalue weighted by Gasteiger charge is 2.03. The number of aryl methyl sites for hydroxylation is 1. The Bertz CT molecular complexity index is 310. The fourth-order valence-corrected chi connectivity index (χ4v) is 1.39. The molecule has 0 aliphatic carbocycles. The molecule has 5 nitrogen and oxygen atoms in total. The van der Waals surface area contributed by atoms with Gasteiger partial charge in [0.05, 0.1) is 6.54 Å². The molecule has 1 unspecified atom stereocenters. The SMILES string of the molecule is CCC(C)NCC(=O)NCCCc1ncc[nH]1. The fraction of sp³-hybridized carbons (Fsp3) is 0.667. The summed E-state index contributed by atoms with van der Waals surface area (Å²) in [5.41, 5.74) is 0. The normalized spacial score (nSPS) is 12.4. The average Bonchev–Trinajstić information content (AvgIpc) is 2.84. The van der Waals surface area contributed by atoms with Crippen molar-refractivity contribution in [2.45, 2.75) is 39.2 Å². The first-order valence-corrected chi connectivity index (χ1v) is 6.20. The number of amides is 1. The molecule has 0 spiro atoms. The van der Waals surface area contributed by atoms with E-state index in [2.05, 4.69) is 34.4 Å². The van der Waals surface area contributed by atoms with Crippen molar-refractivity contribution in [2.75, 3.05) is 13.1 Å². The number of hydrogen-bond donors (Lipinski definition) is 3. The Balaban J connectivity index is 2.00. The van der Waals surface area contributed by atoms with Crippen LogP contribution in [-0.2, 0) is 11.2 Å². The summed E-state index contributed by atoms with van der Waals surface area (Å²) in [6.45, 7) is 5.26. The van der Waals surface area contributed by atoms with Crippen molar-refractivity contribution in [1.29, 1.82) is 0 Å². The van der Waals surface area contributed by atoms with E-state index in [9.17, 15) is 4.79 Å². The molecule has 0 fully saturated rings. The molecule has 0 aliphatic heterocycles. The molecule has 0 aromatic carbocycles. The number of imidazole rings is 1. The van der Waals surface area contributed by atoms with Gasteiger partial charge >= 0.3 is 0 Å². The summed E-state index contributed by atoms with van der Waals surface area (Å²) in [5, 5.41) is 6.04. The number of rotatable bonds is 8. The first-order valence-electron chi connectivity index (χ1n) is 6.20. The van der Waals surface area contributed by atoms with E-state index in [-0.39, 0.29) is 5.91 Å². The van der Waals surface area contributed by atoms with Crippen molar-refractivity contribution in [3.8, 4) is 0 Å². The Kier molecular flexibility index (Phi) is 6.32. The standard InChI is InChI=1S/C12H22N4O/c1-3-10(2)16-9-12(17)15-6-4-5-11-13-7-8-14-11/h7-8,10,16H,3-6,9H2,1-2H3,(H,13,14)(H,15,17). The molecule has 96 valence electrons. The Hall–Kier alpha value is -1.36. The second-order valence-electron chi connectivity index (χ2n) is 4.18. The largest absolute Gasteiger partial charge is 0.355 e. The maximum absolute atomic E-state index is 11.4. The highest BCUT2D eigenvalue weighted by molar-refractivity contribution is 5.77. The van der Waals surface area contributed by atoms with Gasteiger partial charge in [0, 0.05) is 31.4 Å². The second-order valence-corrected chi connectivity index (χ2v) is 4.18. The molecular formula is C12H22N4O. The van der Waals surface area contributed by atoms with Crippen LogP contribution in [0.25, 0.3) is 0 Å². The van der Waals surface area contributed by atoms with Crippen molar-refractivity contribution in [1.82, 2.24) is 20.6 Å². The predicted molar refractivity (Wildman–Crippen MR) is 67.7 cm³/mol. The van der Waals surface area contributed by atoms with Crippen LogP contribution in [0.3, 0.4) is 0 Å². The number of carbonyl (C=O) groups is 1. The maximum atomic E-state index is 11.4. The van der Waals surface area contributed by atoms with Crippen LogP contribution >= 0.6 is 0 Å². The monoisotopic (exact) mass is 238 g/mol. The zero-order valence-corrected chi connectivity index (χ0v) is 10.6. The zero-order valence-electron chi connectivity index (χ0n) is 10.6. The molecule has 3 N–H and O–H groups in total. The molecule has 17 heavy (non-hydrogen) atoms. The Morgan fingerprint density at radius 3 is 3.06 bits per heavy atom. The molecule has 1 amide bonds. The molecule has 0 aliphatic rings. The minimum Gasteiger partial charge on any atom is -0.355 e. The summed E-state index contributed by atoms with van der Waals surface area (Å²) < 4.78 is 0. The fourth-order valence-electron chi connectivity index (χ4n) is 1.39. The number of nitrogens with one attached hydrogen (secondary N) is 3. The second kappa shape index (κ2) is 7.84. The molecule has 1 heterocycles. The van der Waals surface area contributed by atoms with Gasteiger partial charge in [-0.1, -0.05) is 6.92 Å². The quantitative estimate of drug-likeness (QED) is 0.588. The van der Waals surface area contributed by atoms with E-state index in [0.29, 0.717) is 19.1 Å². The zero-order chi connectivity index (χ0) is 12.5. The molecule has 0 saturated carbocycles. The number of nitrogens with zero attached hydrogens (tertiary/aromatic N) is 1. The van der Waals surface area contributed by atoms with Gasteiger partial charge in [0.2, 0.25) is 5.91 Å². The summed E-state index contributed by atoms with van der Waals surface area (Å²) in [6.07, 6.45) is 6.36. The smallest absolute Gasteiger partial charge is 0.233 e. The summed E-state index contributed by atoms with van der Waals surface area (Å²) in [7, 11) is 0. The third-order valence-electron chi connectivity index (χ3n) is 2.69. The van der Waals surface area contributed by atoms with Crippen LogP contribution < -0.4 is 10.6 Å². The lowest BCUT2D eigenvalue weighted by Gasteiger charge is -2.10. The molecule has 5 heteroatoms. The van der Waals surface area contributed by atoms with Crippen LogP contribution in [0.1, 0.15) is 32.5 Å². The number of aromatic nitrogens is 2. The van der Waals surface area contributed by atoms with Crippen molar-refractivity contribution >= 4 is 5.91 Å². The minimum atomic E-state index is 0.0599. The van der Waals surface area contributed by atoms with Crippen LogP contribution in [0.5, 0.6) is 0 Å². The van der Waals surface area contributed by atoms with Gasteiger partial charge < -0.3 is 15.6 Å². The van der Waals surface area contributed by atoms with E-state index in [1.807, 2.05) is 6.20 Å². The topological polar surface area (TPSA) is 69.8 Å². The lowest BCUT2D eigenvalue weighted by atomic mass is 10.2. The molecule has 0 bridgehead atoms. The first-order chi connectivity index (χ1) is 8.22. The highest BCUT2D eigenvalue weighted by Crippen LogP contribution is 1.93. The molecule has 0 saturated heterocycles. The van der Waals surface area contributed by atoms with E-state index in [4.69, 9.17) is 0 Å². The number of aromatic amines is 1. The van der Waals surface area contributed by atoms with Crippen LogP contribution in [0, 0.1) is 0 Å². The van der Waals surface area contributed by atoms with Crippen molar-refractivity contribution < 1.29 is 4.79 Å². The minimum absolute atomic E-state index is 0.0599. The van der Waals surface area contributed by atoms with Crippen LogP contribution in [0.2, 0.25) is 0 Å². The van der Waals surface area contributed by atoms with Crippen molar-refractivity contribution in [2.24, 2.45) is 0 Å². The van der Waals surface area contributed by atoms with Crippen LogP contribution in [0.15, 0.2) is 12.4 Å². The third-order valence-corrected chi connectivity index (χ3v) is 2.69. The lowest BCUT2D eigenvalue weighted by molar-refractivity contribution is -0.120. The molecule has 1 aromatic rings. The van der Waals surface area contributed by atoms with Crippen LogP contribution in [-0.4, -0.2) is 35.0 Å². The van der Waals surface area contributed by atoms with Gasteiger partial charge in [0.1, 0.15) is 5.82 Å². The van der Waals surface area contributed by atoms with Crippen molar-refractivity contribution in [3.63, 3.8) is 0 Å². The lowest BCUT2D eigenvalue weighted by Crippen LogP contribution is -2.38.